The van der Waals surface area contributed by atoms with Crippen LogP contribution in [0.25, 0.3) is 0 Å². The number of rotatable bonds is 9. The largest absolute Gasteiger partial charge is 0.543 e. The van der Waals surface area contributed by atoms with Gasteiger partial charge >= 0.3 is 0 Å². The summed E-state index contributed by atoms with van der Waals surface area (Å²) in [5.41, 5.74) is 12.8. The van der Waals surface area contributed by atoms with E-state index in [-0.39, 0.29) is 22.2 Å². The minimum absolute atomic E-state index is 0.138. The molecule has 4 rings (SSSR count). The normalized spacial score (nSPS) is 19.9. The number of nitrogen functional groups attached to an aromatic ring is 1. The second-order valence-corrected chi connectivity index (χ2v) is 10.9. The van der Waals surface area contributed by atoms with Gasteiger partial charge in [0.25, 0.3) is 11.8 Å². The molecule has 35 heavy (non-hydrogen) atoms. The molecule has 6 N–H and O–H groups in total. The van der Waals surface area contributed by atoms with E-state index in [2.05, 4.69) is 20.4 Å². The van der Waals surface area contributed by atoms with Crippen LogP contribution in [-0.4, -0.2) is 64.2 Å². The predicted octanol–water partition coefficient (Wildman–Crippen LogP) is -1.59. The zero-order valence-corrected chi connectivity index (χ0v) is 21.3. The van der Waals surface area contributed by atoms with Crippen LogP contribution >= 0.6 is 34.4 Å². The van der Waals surface area contributed by atoms with Crippen LogP contribution in [0.2, 0.25) is 0 Å². The van der Waals surface area contributed by atoms with Gasteiger partial charge in [-0.25, -0.2) is 9.97 Å². The van der Waals surface area contributed by atoms with E-state index in [9.17, 15) is 19.5 Å². The highest BCUT2D eigenvalue weighted by molar-refractivity contribution is 8.00. The number of aromatic amines is 1. The first kappa shape index (κ1) is 25.1. The van der Waals surface area contributed by atoms with Crippen molar-refractivity contribution in [1.29, 1.82) is 0 Å². The number of nitrogens with two attached hydrogens (primary N) is 2. The summed E-state index contributed by atoms with van der Waals surface area (Å²) in [6, 6.07) is -0.937. The number of H-pyrrole nitrogens is 1. The molecule has 2 aromatic heterocycles. The molecule has 0 bridgehead atoms. The average molecular weight is 538 g/mol. The van der Waals surface area contributed by atoms with Crippen molar-refractivity contribution < 1.29 is 29.3 Å². The summed E-state index contributed by atoms with van der Waals surface area (Å²) in [5, 5.41) is 20.4. The third kappa shape index (κ3) is 4.89. The van der Waals surface area contributed by atoms with Crippen LogP contribution < -0.4 is 26.9 Å². The molecule has 1 fully saturated rings. The second-order valence-electron chi connectivity index (χ2n) is 7.71. The summed E-state index contributed by atoms with van der Waals surface area (Å²) in [4.78, 5) is 52.2. The standard InChI is InChI=1S/C20H23N7O5S3/c1-8-11(3-4-21)35-12(23-8)5-9-6-33-18-14(17(29)27(18)15(9)19(30)31)25-16(28)13(26-32-2)10-7-34-20(22)24-10/h7,14,18H,3-6,21H2,1-2H3,(H2,22,24)(H,25,28)(H,30,31)/b26-13+/t14?,18-/m1/s1. The van der Waals surface area contributed by atoms with E-state index in [0.717, 1.165) is 33.3 Å². The van der Waals surface area contributed by atoms with E-state index >= 15 is 0 Å². The minimum Gasteiger partial charge on any atom is -0.543 e. The van der Waals surface area contributed by atoms with Gasteiger partial charge in [-0.3, -0.25) is 14.5 Å². The van der Waals surface area contributed by atoms with Crippen molar-refractivity contribution in [2.75, 3.05) is 25.1 Å². The fourth-order valence-corrected chi connectivity index (χ4v) is 6.95. The van der Waals surface area contributed by atoms with E-state index in [0.29, 0.717) is 24.3 Å². The molecular formula is C20H23N7O5S3. The van der Waals surface area contributed by atoms with Crippen molar-refractivity contribution in [3.63, 3.8) is 0 Å². The quantitative estimate of drug-likeness (QED) is 0.192. The highest BCUT2D eigenvalue weighted by atomic mass is 32.2. The van der Waals surface area contributed by atoms with Crippen LogP contribution in [0.4, 0.5) is 5.13 Å². The Balaban J connectivity index is 1.52. The molecule has 4 heterocycles. The van der Waals surface area contributed by atoms with Gasteiger partial charge in [-0.05, 0) is 12.1 Å². The molecule has 2 amide bonds. The number of oxime groups is 1. The SMILES string of the molecule is CO/N=C(/C(=O)NC1C(=O)N2C(C(=O)[O-])=C(Cc3[nH+]c(C)c(CCN)s3)CS[C@H]12)c1csc(N)n1. The number of carboxylic acids is 1. The molecule has 2 aromatic rings. The maximum absolute atomic E-state index is 13.0. The Morgan fingerprint density at radius 1 is 1.46 bits per heavy atom. The fraction of sp³-hybridized carbons (Fsp3) is 0.400. The number of aromatic nitrogens is 2. The maximum Gasteiger partial charge on any atom is 0.276 e. The van der Waals surface area contributed by atoms with Gasteiger partial charge in [0, 0.05) is 24.5 Å². The van der Waals surface area contributed by atoms with Crippen molar-refractivity contribution >= 4 is 63.1 Å². The molecule has 2 atom stereocenters. The molecule has 0 saturated carbocycles. The van der Waals surface area contributed by atoms with E-state index < -0.39 is 29.2 Å². The second kappa shape index (κ2) is 10.3. The van der Waals surface area contributed by atoms with Gasteiger partial charge in [0.05, 0.1) is 23.0 Å². The number of carbonyl (C=O) groups excluding carboxylic acids is 3. The lowest BCUT2D eigenvalue weighted by Gasteiger charge is -2.50. The van der Waals surface area contributed by atoms with Crippen LogP contribution in [0.15, 0.2) is 21.8 Å². The summed E-state index contributed by atoms with van der Waals surface area (Å²) in [5.74, 6) is -2.30. The smallest absolute Gasteiger partial charge is 0.276 e. The number of anilines is 1. The predicted molar refractivity (Wildman–Crippen MR) is 129 cm³/mol. The molecule has 0 aromatic carbocycles. The summed E-state index contributed by atoms with van der Waals surface area (Å²) in [6.07, 6.45) is 1.07. The molecule has 0 spiro atoms. The van der Waals surface area contributed by atoms with Crippen LogP contribution in [-0.2, 0) is 32.1 Å². The van der Waals surface area contributed by atoms with Gasteiger partial charge in [-0.15, -0.1) is 23.1 Å². The van der Waals surface area contributed by atoms with Gasteiger partial charge in [-0.1, -0.05) is 16.5 Å². The van der Waals surface area contributed by atoms with Crippen molar-refractivity contribution in [2.45, 2.75) is 31.2 Å². The number of hydrogen-bond donors (Lipinski definition) is 3. The lowest BCUT2D eigenvalue weighted by Crippen LogP contribution is -2.71. The number of amides is 2. The Labute approximate surface area is 212 Å². The first-order chi connectivity index (χ1) is 16.7. The lowest BCUT2D eigenvalue weighted by atomic mass is 10.0. The number of nitrogens with one attached hydrogen (secondary N) is 2. The molecule has 0 radical (unpaired) electrons. The van der Waals surface area contributed by atoms with E-state index in [4.69, 9.17) is 16.3 Å². The van der Waals surface area contributed by atoms with Crippen LogP contribution in [0.3, 0.4) is 0 Å². The minimum atomic E-state index is -1.43. The Morgan fingerprint density at radius 3 is 2.86 bits per heavy atom. The number of carboxylic acid groups (broad SMARTS) is 1. The Morgan fingerprint density at radius 2 is 2.23 bits per heavy atom. The number of nitrogens with zero attached hydrogens (tertiary/aromatic N) is 3. The molecule has 15 heteroatoms. The molecule has 2 aliphatic rings. The zero-order chi connectivity index (χ0) is 25.3. The summed E-state index contributed by atoms with van der Waals surface area (Å²) >= 11 is 4.03. The molecule has 12 nitrogen and oxygen atoms in total. The highest BCUT2D eigenvalue weighted by Gasteiger charge is 2.53. The average Bonchev–Trinajstić information content (AvgIpc) is 3.40. The van der Waals surface area contributed by atoms with Gasteiger partial charge in [0.1, 0.15) is 24.2 Å². The van der Waals surface area contributed by atoms with Gasteiger partial charge in [0.15, 0.2) is 16.5 Å². The molecular weight excluding hydrogens is 514 g/mol. The van der Waals surface area contributed by atoms with Crippen molar-refractivity contribution in [1.82, 2.24) is 15.2 Å². The summed E-state index contributed by atoms with van der Waals surface area (Å²) in [6.45, 7) is 2.46. The van der Waals surface area contributed by atoms with Gasteiger partial charge < -0.3 is 31.5 Å². The molecule has 1 unspecified atom stereocenters. The maximum atomic E-state index is 13.0. The van der Waals surface area contributed by atoms with E-state index in [1.165, 1.54) is 35.1 Å². The topological polar surface area (TPSA) is 190 Å². The van der Waals surface area contributed by atoms with Crippen LogP contribution in [0.1, 0.15) is 21.3 Å². The number of aryl methyl sites for hydroxylation is 1. The first-order valence-corrected chi connectivity index (χ1v) is 13.2. The van der Waals surface area contributed by atoms with Crippen molar-refractivity contribution in [2.24, 2.45) is 10.9 Å². The molecule has 2 aliphatic heterocycles. The third-order valence-electron chi connectivity index (χ3n) is 5.43. The number of fused-ring (bicyclic) bond motifs is 1. The lowest BCUT2D eigenvalue weighted by molar-refractivity contribution is -0.391. The molecule has 0 aliphatic carbocycles. The molecule has 1 saturated heterocycles. The number of thioether (sulfide) groups is 1. The highest BCUT2D eigenvalue weighted by Crippen LogP contribution is 2.41. The fourth-order valence-electron chi connectivity index (χ4n) is 3.88. The number of hydrogen-bond acceptors (Lipinski definition) is 12. The summed E-state index contributed by atoms with van der Waals surface area (Å²) in [7, 11) is 1.28. The first-order valence-electron chi connectivity index (χ1n) is 10.5. The summed E-state index contributed by atoms with van der Waals surface area (Å²) < 4.78 is 0. The van der Waals surface area contributed by atoms with Gasteiger partial charge in [-0.2, -0.15) is 0 Å². The number of thiazole rings is 2. The van der Waals surface area contributed by atoms with Gasteiger partial charge in [0.2, 0.25) is 5.01 Å². The van der Waals surface area contributed by atoms with Crippen LogP contribution in [0, 0.1) is 6.92 Å². The van der Waals surface area contributed by atoms with Crippen molar-refractivity contribution in [3.05, 3.63) is 37.9 Å². The number of carbonyl (C=O) groups is 3. The number of aliphatic carboxylic acids is 1. The van der Waals surface area contributed by atoms with E-state index in [1.54, 1.807) is 5.38 Å². The molecule has 186 valence electrons. The Bertz CT molecular complexity index is 1240. The third-order valence-corrected chi connectivity index (χ3v) is 8.69. The zero-order valence-electron chi connectivity index (χ0n) is 18.8. The monoisotopic (exact) mass is 537 g/mol. The van der Waals surface area contributed by atoms with Crippen molar-refractivity contribution in [3.8, 4) is 0 Å². The van der Waals surface area contributed by atoms with E-state index in [1.807, 2.05) is 6.92 Å². The van der Waals surface area contributed by atoms with Crippen LogP contribution in [0.5, 0.6) is 0 Å². The Hall–Kier alpha value is -3.01. The Kier molecular flexibility index (Phi) is 7.39. The number of β-lactam (4-membered cyclic amide) rings is 1.